The van der Waals surface area contributed by atoms with Crippen LogP contribution in [0.1, 0.15) is 40.0 Å². The minimum atomic E-state index is -0.655. The Hall–Kier alpha value is -2.70. The summed E-state index contributed by atoms with van der Waals surface area (Å²) in [6.07, 6.45) is 0.614. The number of fused-ring (bicyclic) bond motifs is 1. The number of ether oxygens (including phenoxy) is 2. The van der Waals surface area contributed by atoms with Gasteiger partial charge in [-0.25, -0.2) is 0 Å². The molecule has 2 rings (SSSR count). The maximum atomic E-state index is 12.2. The molecule has 0 saturated heterocycles. The van der Waals surface area contributed by atoms with Crippen molar-refractivity contribution in [3.63, 3.8) is 0 Å². The number of carbonyl (C=O) groups excluding carboxylic acids is 4. The maximum absolute atomic E-state index is 12.2. The van der Waals surface area contributed by atoms with E-state index in [0.29, 0.717) is 24.0 Å². The lowest BCUT2D eigenvalue weighted by Gasteiger charge is -2.16. The van der Waals surface area contributed by atoms with E-state index < -0.39 is 17.9 Å². The van der Waals surface area contributed by atoms with Crippen molar-refractivity contribution in [2.75, 3.05) is 20.8 Å². The molecule has 1 aromatic carbocycles. The van der Waals surface area contributed by atoms with Gasteiger partial charge in [-0.2, -0.15) is 0 Å². The summed E-state index contributed by atoms with van der Waals surface area (Å²) in [6, 6.07) is 6.64. The van der Waals surface area contributed by atoms with Crippen molar-refractivity contribution in [1.29, 1.82) is 0 Å². The number of benzene rings is 1. The molecule has 1 unspecified atom stereocenters. The smallest absolute Gasteiger partial charge is 0.309 e. The number of imide groups is 1. The second-order valence-electron chi connectivity index (χ2n) is 5.45. The average molecular weight is 333 g/mol. The minimum Gasteiger partial charge on any atom is -0.469 e. The molecule has 0 saturated carbocycles. The third-order valence-corrected chi connectivity index (χ3v) is 3.99. The lowest BCUT2D eigenvalue weighted by Crippen LogP contribution is -2.31. The molecule has 0 bridgehead atoms. The molecule has 0 aromatic heterocycles. The first-order valence-corrected chi connectivity index (χ1v) is 7.59. The van der Waals surface area contributed by atoms with Gasteiger partial charge in [0, 0.05) is 6.54 Å². The van der Waals surface area contributed by atoms with Gasteiger partial charge >= 0.3 is 11.9 Å². The van der Waals surface area contributed by atoms with Gasteiger partial charge in [0.1, 0.15) is 0 Å². The quantitative estimate of drug-likeness (QED) is 0.554. The highest BCUT2D eigenvalue weighted by atomic mass is 16.5. The predicted molar refractivity (Wildman–Crippen MR) is 83.2 cm³/mol. The van der Waals surface area contributed by atoms with Crippen LogP contribution < -0.4 is 0 Å². The van der Waals surface area contributed by atoms with Crippen molar-refractivity contribution in [3.8, 4) is 0 Å². The van der Waals surface area contributed by atoms with Crippen molar-refractivity contribution >= 4 is 23.8 Å². The Labute approximate surface area is 139 Å². The lowest BCUT2D eigenvalue weighted by molar-refractivity contribution is -0.152. The van der Waals surface area contributed by atoms with Crippen LogP contribution in [-0.4, -0.2) is 49.4 Å². The summed E-state index contributed by atoms with van der Waals surface area (Å²) >= 11 is 0. The summed E-state index contributed by atoms with van der Waals surface area (Å²) in [5.41, 5.74) is 0.781. The summed E-state index contributed by atoms with van der Waals surface area (Å²) in [6.45, 7) is 0.182. The molecular formula is C17H19NO6. The number of amides is 2. The number of carbonyl (C=O) groups is 4. The van der Waals surface area contributed by atoms with E-state index in [-0.39, 0.29) is 24.8 Å². The van der Waals surface area contributed by atoms with Crippen LogP contribution in [-0.2, 0) is 19.1 Å². The van der Waals surface area contributed by atoms with Crippen molar-refractivity contribution < 1.29 is 28.7 Å². The number of nitrogens with zero attached hydrogens (tertiary/aromatic N) is 1. The van der Waals surface area contributed by atoms with Crippen LogP contribution in [0.25, 0.3) is 0 Å². The Morgan fingerprint density at radius 3 is 2.12 bits per heavy atom. The van der Waals surface area contributed by atoms with Gasteiger partial charge in [0.25, 0.3) is 11.8 Å². The first-order valence-electron chi connectivity index (χ1n) is 7.59. The molecule has 128 valence electrons. The lowest BCUT2D eigenvalue weighted by atomic mass is 9.99. The van der Waals surface area contributed by atoms with Crippen LogP contribution in [0.15, 0.2) is 24.3 Å². The monoisotopic (exact) mass is 333 g/mol. The molecule has 0 radical (unpaired) electrons. The SMILES string of the molecule is COC(=O)CC(CCCN1C(=O)c2ccccc2C1=O)C(=O)OC. The molecule has 0 aliphatic carbocycles. The van der Waals surface area contributed by atoms with Crippen LogP contribution in [0, 0.1) is 5.92 Å². The highest BCUT2D eigenvalue weighted by Crippen LogP contribution is 2.23. The number of esters is 2. The third kappa shape index (κ3) is 3.61. The second kappa shape index (κ2) is 7.72. The fraction of sp³-hybridized carbons (Fsp3) is 0.412. The average Bonchev–Trinajstić information content (AvgIpc) is 2.85. The Balaban J connectivity index is 1.95. The van der Waals surface area contributed by atoms with Gasteiger partial charge in [-0.3, -0.25) is 24.1 Å². The Bertz CT molecular complexity index is 634. The van der Waals surface area contributed by atoms with Gasteiger partial charge in [-0.05, 0) is 25.0 Å². The highest BCUT2D eigenvalue weighted by Gasteiger charge is 2.35. The van der Waals surface area contributed by atoms with E-state index in [4.69, 9.17) is 0 Å². The second-order valence-corrected chi connectivity index (χ2v) is 5.45. The van der Waals surface area contributed by atoms with Crippen LogP contribution >= 0.6 is 0 Å². The Morgan fingerprint density at radius 1 is 1.04 bits per heavy atom. The molecule has 0 N–H and O–H groups in total. The van der Waals surface area contributed by atoms with Crippen LogP contribution in [0.4, 0.5) is 0 Å². The van der Waals surface area contributed by atoms with E-state index >= 15 is 0 Å². The first kappa shape index (κ1) is 17.7. The zero-order chi connectivity index (χ0) is 17.7. The van der Waals surface area contributed by atoms with Gasteiger partial charge in [0.05, 0.1) is 37.7 Å². The highest BCUT2D eigenvalue weighted by molar-refractivity contribution is 6.21. The molecular weight excluding hydrogens is 314 g/mol. The summed E-state index contributed by atoms with van der Waals surface area (Å²) in [5.74, 6) is -2.34. The molecule has 0 spiro atoms. The van der Waals surface area contributed by atoms with Crippen molar-refractivity contribution in [2.45, 2.75) is 19.3 Å². The number of methoxy groups -OCH3 is 2. The number of hydrogen-bond donors (Lipinski definition) is 0. The summed E-state index contributed by atoms with van der Waals surface area (Å²) in [5, 5.41) is 0. The molecule has 1 atom stereocenters. The molecule has 7 nitrogen and oxygen atoms in total. The van der Waals surface area contributed by atoms with Gasteiger partial charge < -0.3 is 9.47 Å². The summed E-state index contributed by atoms with van der Waals surface area (Å²) in [7, 11) is 2.49. The maximum Gasteiger partial charge on any atom is 0.309 e. The van der Waals surface area contributed by atoms with Crippen LogP contribution in [0.2, 0.25) is 0 Å². The standard InChI is InChI=1S/C17H19NO6/c1-23-14(19)10-11(17(22)24-2)6-5-9-18-15(20)12-7-3-4-8-13(12)16(18)21/h3-4,7-8,11H,5-6,9-10H2,1-2H3. The van der Waals surface area contributed by atoms with Crippen molar-refractivity contribution in [3.05, 3.63) is 35.4 Å². The fourth-order valence-electron chi connectivity index (χ4n) is 2.69. The van der Waals surface area contributed by atoms with E-state index in [9.17, 15) is 19.2 Å². The van der Waals surface area contributed by atoms with E-state index in [1.54, 1.807) is 24.3 Å². The van der Waals surface area contributed by atoms with Crippen molar-refractivity contribution in [1.82, 2.24) is 4.90 Å². The van der Waals surface area contributed by atoms with Gasteiger partial charge in [-0.15, -0.1) is 0 Å². The van der Waals surface area contributed by atoms with E-state index in [1.807, 2.05) is 0 Å². The molecule has 7 heteroatoms. The zero-order valence-electron chi connectivity index (χ0n) is 13.6. The zero-order valence-corrected chi connectivity index (χ0v) is 13.6. The predicted octanol–water partition coefficient (Wildman–Crippen LogP) is 1.42. The molecule has 1 aromatic rings. The van der Waals surface area contributed by atoms with E-state index in [0.717, 1.165) is 4.90 Å². The molecule has 24 heavy (non-hydrogen) atoms. The largest absolute Gasteiger partial charge is 0.469 e. The summed E-state index contributed by atoms with van der Waals surface area (Å²) in [4.78, 5) is 48.7. The van der Waals surface area contributed by atoms with E-state index in [1.165, 1.54) is 14.2 Å². The Kier molecular flexibility index (Phi) is 5.68. The normalized spacial score (nSPS) is 14.3. The van der Waals surface area contributed by atoms with Gasteiger partial charge in [-0.1, -0.05) is 12.1 Å². The topological polar surface area (TPSA) is 90.0 Å². The first-order chi connectivity index (χ1) is 11.5. The molecule has 1 aliphatic heterocycles. The Morgan fingerprint density at radius 2 is 1.62 bits per heavy atom. The molecule has 2 amide bonds. The van der Waals surface area contributed by atoms with Gasteiger partial charge in [0.2, 0.25) is 0 Å². The van der Waals surface area contributed by atoms with Crippen molar-refractivity contribution in [2.24, 2.45) is 5.92 Å². The minimum absolute atomic E-state index is 0.0920. The van der Waals surface area contributed by atoms with Gasteiger partial charge in [0.15, 0.2) is 0 Å². The fourth-order valence-corrected chi connectivity index (χ4v) is 2.69. The summed E-state index contributed by atoms with van der Waals surface area (Å²) < 4.78 is 9.25. The third-order valence-electron chi connectivity index (χ3n) is 3.99. The van der Waals surface area contributed by atoms with E-state index in [2.05, 4.69) is 9.47 Å². The molecule has 1 aliphatic rings. The number of rotatable bonds is 7. The van der Waals surface area contributed by atoms with Crippen LogP contribution in [0.3, 0.4) is 0 Å². The molecule has 1 heterocycles. The molecule has 0 fully saturated rings. The van der Waals surface area contributed by atoms with Crippen LogP contribution in [0.5, 0.6) is 0 Å². The number of hydrogen-bond acceptors (Lipinski definition) is 6.